The Morgan fingerprint density at radius 2 is 1.47 bits per heavy atom. The Morgan fingerprint density at radius 1 is 0.867 bits per heavy atom. The van der Waals surface area contributed by atoms with Crippen molar-refractivity contribution in [2.24, 2.45) is 0 Å². The van der Waals surface area contributed by atoms with E-state index in [0.29, 0.717) is 22.7 Å². The van der Waals surface area contributed by atoms with Crippen LogP contribution in [0.5, 0.6) is 5.75 Å². The summed E-state index contributed by atoms with van der Waals surface area (Å²) in [5, 5.41) is 4.57. The molecule has 0 fully saturated rings. The maximum absolute atomic E-state index is 12.6. The van der Waals surface area contributed by atoms with Gasteiger partial charge in [0.2, 0.25) is 0 Å². The fraction of sp³-hybridized carbons (Fsp3) is 0.261. The van der Waals surface area contributed by atoms with Crippen LogP contribution in [0.15, 0.2) is 54.6 Å². The number of hydrogen-bond donors (Lipinski definition) is 0. The van der Waals surface area contributed by atoms with Crippen LogP contribution in [0.25, 0.3) is 16.9 Å². The smallest absolute Gasteiger partial charge is 0.357 e. The summed E-state index contributed by atoms with van der Waals surface area (Å²) in [5.74, 6) is -0.685. The quantitative estimate of drug-likeness (QED) is 0.586. The van der Waals surface area contributed by atoms with E-state index in [-0.39, 0.29) is 16.9 Å². The van der Waals surface area contributed by atoms with Gasteiger partial charge >= 0.3 is 11.9 Å². The molecule has 0 saturated heterocycles. The molecule has 0 unspecified atom stereocenters. The molecule has 1 heterocycles. The number of benzene rings is 2. The lowest BCUT2D eigenvalue weighted by atomic mass is 10.1. The summed E-state index contributed by atoms with van der Waals surface area (Å²) in [5.41, 5.74) is 1.26. The molecule has 7 nitrogen and oxygen atoms in total. The van der Waals surface area contributed by atoms with Crippen molar-refractivity contribution in [1.29, 1.82) is 0 Å². The van der Waals surface area contributed by atoms with E-state index in [4.69, 9.17) is 14.2 Å². The van der Waals surface area contributed by atoms with E-state index in [2.05, 4.69) is 5.10 Å². The van der Waals surface area contributed by atoms with Crippen molar-refractivity contribution in [3.05, 3.63) is 65.9 Å². The third-order valence-electron chi connectivity index (χ3n) is 4.21. The number of nitrogens with zero attached hydrogens (tertiary/aromatic N) is 2. The number of para-hydroxylation sites is 1. The predicted molar refractivity (Wildman–Crippen MR) is 112 cm³/mol. The molecule has 3 aromatic rings. The van der Waals surface area contributed by atoms with E-state index >= 15 is 0 Å². The molecular formula is C23H24N2O5. The Hall–Kier alpha value is -3.61. The Balaban J connectivity index is 2.20. The fourth-order valence-corrected chi connectivity index (χ4v) is 2.99. The van der Waals surface area contributed by atoms with Crippen LogP contribution >= 0.6 is 0 Å². The molecule has 30 heavy (non-hydrogen) atoms. The first-order chi connectivity index (χ1) is 14.2. The molecule has 0 N–H and O–H groups in total. The summed E-state index contributed by atoms with van der Waals surface area (Å²) in [6.07, 6.45) is 0. The number of ether oxygens (including phenoxy) is 3. The van der Waals surface area contributed by atoms with Crippen molar-refractivity contribution in [2.75, 3.05) is 14.2 Å². The van der Waals surface area contributed by atoms with Gasteiger partial charge in [-0.3, -0.25) is 0 Å². The highest BCUT2D eigenvalue weighted by Crippen LogP contribution is 2.31. The molecule has 7 heteroatoms. The predicted octanol–water partition coefficient (Wildman–Crippen LogP) is 4.29. The number of carbonyl (C=O) groups is 2. The normalized spacial score (nSPS) is 11.1. The average Bonchev–Trinajstić information content (AvgIpc) is 3.13. The summed E-state index contributed by atoms with van der Waals surface area (Å²) in [6, 6.07) is 16.2. The van der Waals surface area contributed by atoms with Crippen molar-refractivity contribution in [1.82, 2.24) is 9.78 Å². The number of carbonyl (C=O) groups excluding carboxylic acids is 2. The first-order valence-electron chi connectivity index (χ1n) is 9.39. The van der Waals surface area contributed by atoms with Crippen LogP contribution < -0.4 is 4.74 Å². The third kappa shape index (κ3) is 4.35. The van der Waals surface area contributed by atoms with Crippen LogP contribution in [0.3, 0.4) is 0 Å². The van der Waals surface area contributed by atoms with Gasteiger partial charge in [-0.05, 0) is 57.2 Å². The lowest BCUT2D eigenvalue weighted by Crippen LogP contribution is -2.22. The monoisotopic (exact) mass is 408 g/mol. The lowest BCUT2D eigenvalue weighted by molar-refractivity contribution is 0.0549. The minimum atomic E-state index is -0.689. The fourth-order valence-electron chi connectivity index (χ4n) is 2.99. The minimum absolute atomic E-state index is 0.000526. The Morgan fingerprint density at radius 3 is 2.00 bits per heavy atom. The first kappa shape index (κ1) is 21.1. The lowest BCUT2D eigenvalue weighted by Gasteiger charge is -2.21. The molecule has 0 spiro atoms. The first-order valence-corrected chi connectivity index (χ1v) is 9.39. The van der Waals surface area contributed by atoms with Crippen molar-refractivity contribution in [3.8, 4) is 22.7 Å². The molecule has 0 amide bonds. The van der Waals surface area contributed by atoms with Gasteiger partial charge in [0.15, 0.2) is 5.69 Å². The number of hydrogen-bond acceptors (Lipinski definition) is 6. The summed E-state index contributed by atoms with van der Waals surface area (Å²) in [6.45, 7) is 5.88. The molecule has 0 atom stereocenters. The van der Waals surface area contributed by atoms with Crippen LogP contribution in [0.2, 0.25) is 0 Å². The molecule has 0 saturated carbocycles. The van der Waals surface area contributed by atoms with Gasteiger partial charge in [-0.2, -0.15) is 5.10 Å². The SMILES string of the molecule is COC(=O)c1c(-c2ccc(OC(C)(C)C)cc2)nn(-c2ccccc2)c1C(=O)OC. The molecule has 2 aromatic carbocycles. The zero-order chi connectivity index (χ0) is 21.9. The second-order valence-electron chi connectivity index (χ2n) is 7.54. The Bertz CT molecular complexity index is 1050. The maximum Gasteiger partial charge on any atom is 0.357 e. The molecule has 0 radical (unpaired) electrons. The minimum Gasteiger partial charge on any atom is -0.488 e. The standard InChI is InChI=1S/C23H24N2O5/c1-23(2,3)30-17-13-11-15(12-14-17)19-18(21(26)28-4)20(22(27)29-5)25(24-19)16-9-7-6-8-10-16/h6-14H,1-5H3. The summed E-state index contributed by atoms with van der Waals surface area (Å²) < 4.78 is 17.1. The van der Waals surface area contributed by atoms with Gasteiger partial charge in [0.1, 0.15) is 22.6 Å². The molecule has 0 aliphatic heterocycles. The summed E-state index contributed by atoms with van der Waals surface area (Å²) in [7, 11) is 2.51. The van der Waals surface area contributed by atoms with Crippen LogP contribution in [-0.4, -0.2) is 41.5 Å². The average molecular weight is 408 g/mol. The van der Waals surface area contributed by atoms with E-state index in [0.717, 1.165) is 0 Å². The second kappa shape index (κ2) is 8.41. The third-order valence-corrected chi connectivity index (χ3v) is 4.21. The topological polar surface area (TPSA) is 79.7 Å². The van der Waals surface area contributed by atoms with Crippen LogP contribution in [-0.2, 0) is 9.47 Å². The van der Waals surface area contributed by atoms with Gasteiger partial charge in [0.05, 0.1) is 19.9 Å². The Labute approximate surface area is 175 Å². The van der Waals surface area contributed by atoms with Crippen LogP contribution in [0.4, 0.5) is 0 Å². The van der Waals surface area contributed by atoms with E-state index in [1.54, 1.807) is 36.4 Å². The maximum atomic E-state index is 12.6. The van der Waals surface area contributed by atoms with Crippen molar-refractivity contribution >= 4 is 11.9 Å². The second-order valence-corrected chi connectivity index (χ2v) is 7.54. The highest BCUT2D eigenvalue weighted by molar-refractivity contribution is 6.06. The van der Waals surface area contributed by atoms with E-state index in [1.165, 1.54) is 18.9 Å². The molecule has 0 aliphatic rings. The van der Waals surface area contributed by atoms with Crippen LogP contribution in [0, 0.1) is 0 Å². The van der Waals surface area contributed by atoms with Crippen molar-refractivity contribution in [3.63, 3.8) is 0 Å². The number of rotatable bonds is 5. The van der Waals surface area contributed by atoms with Gasteiger partial charge < -0.3 is 14.2 Å². The number of methoxy groups -OCH3 is 2. The Kier molecular flexibility index (Phi) is 5.91. The zero-order valence-electron chi connectivity index (χ0n) is 17.6. The molecule has 0 aliphatic carbocycles. The van der Waals surface area contributed by atoms with Crippen LogP contribution in [0.1, 0.15) is 41.6 Å². The molecule has 156 valence electrons. The van der Waals surface area contributed by atoms with E-state index < -0.39 is 11.9 Å². The van der Waals surface area contributed by atoms with E-state index in [1.807, 2.05) is 39.0 Å². The van der Waals surface area contributed by atoms with Gasteiger partial charge in [-0.25, -0.2) is 14.3 Å². The van der Waals surface area contributed by atoms with Gasteiger partial charge in [-0.15, -0.1) is 0 Å². The molecular weight excluding hydrogens is 384 g/mol. The van der Waals surface area contributed by atoms with Gasteiger partial charge in [0.25, 0.3) is 0 Å². The molecule has 0 bridgehead atoms. The summed E-state index contributed by atoms with van der Waals surface area (Å²) >= 11 is 0. The highest BCUT2D eigenvalue weighted by atomic mass is 16.5. The summed E-state index contributed by atoms with van der Waals surface area (Å²) in [4.78, 5) is 25.2. The highest BCUT2D eigenvalue weighted by Gasteiger charge is 2.31. The number of esters is 2. The van der Waals surface area contributed by atoms with Crippen molar-refractivity contribution < 1.29 is 23.8 Å². The van der Waals surface area contributed by atoms with Crippen molar-refractivity contribution in [2.45, 2.75) is 26.4 Å². The van der Waals surface area contributed by atoms with E-state index in [9.17, 15) is 9.59 Å². The molecule has 3 rings (SSSR count). The van der Waals surface area contributed by atoms with Gasteiger partial charge in [-0.1, -0.05) is 18.2 Å². The number of aromatic nitrogens is 2. The largest absolute Gasteiger partial charge is 0.488 e. The van der Waals surface area contributed by atoms with Gasteiger partial charge in [0, 0.05) is 5.56 Å². The molecule has 1 aromatic heterocycles. The zero-order valence-corrected chi connectivity index (χ0v) is 17.6.